The van der Waals surface area contributed by atoms with Crippen LogP contribution in [0, 0.1) is 5.92 Å². The Morgan fingerprint density at radius 1 is 1.29 bits per heavy atom. The lowest BCUT2D eigenvalue weighted by Crippen LogP contribution is -2.36. The van der Waals surface area contributed by atoms with E-state index in [0.29, 0.717) is 12.0 Å². The third-order valence-electron chi connectivity index (χ3n) is 3.74. The molecule has 0 saturated heterocycles. The third kappa shape index (κ3) is 5.21. The maximum absolute atomic E-state index is 11.6. The molecule has 0 fully saturated rings. The highest BCUT2D eigenvalue weighted by atomic mass is 16.5. The number of benzene rings is 1. The lowest BCUT2D eigenvalue weighted by Gasteiger charge is -2.26. The number of aliphatic hydroxyl groups excluding tert-OH is 1. The molecule has 1 aromatic rings. The van der Waals surface area contributed by atoms with Gasteiger partial charge >= 0.3 is 11.9 Å². The maximum atomic E-state index is 11.6. The van der Waals surface area contributed by atoms with E-state index in [2.05, 4.69) is 0 Å². The minimum atomic E-state index is -1.91. The van der Waals surface area contributed by atoms with Crippen LogP contribution in [0.1, 0.15) is 38.3 Å². The van der Waals surface area contributed by atoms with Gasteiger partial charge in [0.2, 0.25) is 0 Å². The number of hydrogen-bond donors (Lipinski definition) is 3. The first-order chi connectivity index (χ1) is 11.2. The molecular formula is C17H24O7. The van der Waals surface area contributed by atoms with Crippen LogP contribution >= 0.6 is 0 Å². The summed E-state index contributed by atoms with van der Waals surface area (Å²) in [6.07, 6.45) is 0.669. The zero-order valence-corrected chi connectivity index (χ0v) is 14.1. The normalized spacial score (nSPS) is 14.5. The molecule has 7 nitrogen and oxygen atoms in total. The SMILES string of the molecule is CC[C@@H](C)C(=O)OCc1ccc([C@@](O)(CO)COC(C)=O)c(O)c1. The average Bonchev–Trinajstić information content (AvgIpc) is 2.56. The molecule has 7 heteroatoms. The number of rotatable bonds is 8. The van der Waals surface area contributed by atoms with Crippen LogP contribution in [-0.2, 0) is 31.3 Å². The Labute approximate surface area is 140 Å². The molecule has 0 amide bonds. The largest absolute Gasteiger partial charge is 0.508 e. The van der Waals surface area contributed by atoms with Crippen LogP contribution in [0.3, 0.4) is 0 Å². The van der Waals surface area contributed by atoms with Crippen molar-refractivity contribution in [2.24, 2.45) is 5.92 Å². The van der Waals surface area contributed by atoms with E-state index in [0.717, 1.165) is 0 Å². The predicted molar refractivity (Wildman–Crippen MR) is 85.0 cm³/mol. The fourth-order valence-electron chi connectivity index (χ4n) is 1.95. The Balaban J connectivity index is 2.86. The van der Waals surface area contributed by atoms with Crippen LogP contribution in [-0.4, -0.2) is 40.5 Å². The molecule has 0 heterocycles. The highest BCUT2D eigenvalue weighted by molar-refractivity contribution is 5.71. The zero-order chi connectivity index (χ0) is 18.3. The molecule has 0 saturated carbocycles. The highest BCUT2D eigenvalue weighted by Crippen LogP contribution is 2.30. The third-order valence-corrected chi connectivity index (χ3v) is 3.74. The van der Waals surface area contributed by atoms with Crippen molar-refractivity contribution < 1.29 is 34.4 Å². The smallest absolute Gasteiger partial charge is 0.308 e. The topological polar surface area (TPSA) is 113 Å². The molecule has 0 aliphatic carbocycles. The van der Waals surface area contributed by atoms with Crippen molar-refractivity contribution >= 4 is 11.9 Å². The maximum Gasteiger partial charge on any atom is 0.308 e. The van der Waals surface area contributed by atoms with E-state index in [4.69, 9.17) is 9.47 Å². The molecular weight excluding hydrogens is 316 g/mol. The van der Waals surface area contributed by atoms with E-state index in [1.807, 2.05) is 6.92 Å². The molecule has 24 heavy (non-hydrogen) atoms. The van der Waals surface area contributed by atoms with Crippen molar-refractivity contribution in [3.05, 3.63) is 29.3 Å². The number of esters is 2. The lowest BCUT2D eigenvalue weighted by atomic mass is 9.93. The van der Waals surface area contributed by atoms with E-state index in [9.17, 15) is 24.9 Å². The van der Waals surface area contributed by atoms with Gasteiger partial charge in [0.05, 0.1) is 12.5 Å². The molecule has 0 bridgehead atoms. The second kappa shape index (κ2) is 8.65. The Bertz CT molecular complexity index is 584. The molecule has 0 unspecified atom stereocenters. The van der Waals surface area contributed by atoms with Crippen LogP contribution in [0.5, 0.6) is 5.75 Å². The first-order valence-electron chi connectivity index (χ1n) is 7.69. The van der Waals surface area contributed by atoms with E-state index in [-0.39, 0.29) is 29.8 Å². The summed E-state index contributed by atoms with van der Waals surface area (Å²) in [6.45, 7) is 3.57. The Hall–Kier alpha value is -2.12. The van der Waals surface area contributed by atoms with Crippen LogP contribution in [0.2, 0.25) is 0 Å². The van der Waals surface area contributed by atoms with Crippen molar-refractivity contribution in [2.75, 3.05) is 13.2 Å². The molecule has 1 aromatic carbocycles. The fraction of sp³-hybridized carbons (Fsp3) is 0.529. The summed E-state index contributed by atoms with van der Waals surface area (Å²) in [5.41, 5.74) is -1.37. The number of carbonyl (C=O) groups is 2. The van der Waals surface area contributed by atoms with Gasteiger partial charge in [0.25, 0.3) is 0 Å². The number of aromatic hydroxyl groups is 1. The molecule has 134 valence electrons. The molecule has 0 aliphatic rings. The minimum Gasteiger partial charge on any atom is -0.508 e. The van der Waals surface area contributed by atoms with Gasteiger partial charge in [-0.1, -0.05) is 26.0 Å². The summed E-state index contributed by atoms with van der Waals surface area (Å²) >= 11 is 0. The summed E-state index contributed by atoms with van der Waals surface area (Å²) in [6, 6.07) is 4.27. The second-order valence-corrected chi connectivity index (χ2v) is 5.74. The van der Waals surface area contributed by atoms with Gasteiger partial charge in [-0.05, 0) is 18.1 Å². The van der Waals surface area contributed by atoms with E-state index in [1.165, 1.54) is 19.1 Å². The quantitative estimate of drug-likeness (QED) is 0.610. The highest BCUT2D eigenvalue weighted by Gasteiger charge is 2.33. The van der Waals surface area contributed by atoms with Gasteiger partial charge < -0.3 is 24.8 Å². The standard InChI is InChI=1S/C17H24O7/c1-4-11(2)16(21)23-8-13-5-6-14(15(20)7-13)17(22,9-18)10-24-12(3)19/h5-7,11,18,20,22H,4,8-10H2,1-3H3/t11-,17-/m1/s1. The number of phenolic OH excluding ortho intramolecular Hbond substituents is 1. The number of hydrogen-bond acceptors (Lipinski definition) is 7. The van der Waals surface area contributed by atoms with Crippen molar-refractivity contribution in [3.63, 3.8) is 0 Å². The number of ether oxygens (including phenoxy) is 2. The number of aliphatic hydroxyl groups is 2. The van der Waals surface area contributed by atoms with Crippen LogP contribution in [0.15, 0.2) is 18.2 Å². The van der Waals surface area contributed by atoms with Gasteiger partial charge in [-0.25, -0.2) is 0 Å². The monoisotopic (exact) mass is 340 g/mol. The summed E-state index contributed by atoms with van der Waals surface area (Å²) in [5.74, 6) is -1.45. The van der Waals surface area contributed by atoms with Crippen molar-refractivity contribution in [2.45, 2.75) is 39.4 Å². The fourth-order valence-corrected chi connectivity index (χ4v) is 1.95. The van der Waals surface area contributed by atoms with Crippen molar-refractivity contribution in [1.82, 2.24) is 0 Å². The summed E-state index contributed by atoms with van der Waals surface area (Å²) in [5, 5.41) is 29.8. The molecule has 0 spiro atoms. The van der Waals surface area contributed by atoms with Gasteiger partial charge in [-0.15, -0.1) is 0 Å². The van der Waals surface area contributed by atoms with Crippen LogP contribution < -0.4 is 0 Å². The van der Waals surface area contributed by atoms with Crippen molar-refractivity contribution in [3.8, 4) is 5.75 Å². The van der Waals surface area contributed by atoms with E-state index in [1.54, 1.807) is 13.0 Å². The molecule has 2 atom stereocenters. The first kappa shape index (κ1) is 19.9. The van der Waals surface area contributed by atoms with Crippen molar-refractivity contribution in [1.29, 1.82) is 0 Å². The predicted octanol–water partition coefficient (Wildman–Crippen LogP) is 1.22. The Kier molecular flexibility index (Phi) is 7.18. The lowest BCUT2D eigenvalue weighted by molar-refractivity contribution is -0.152. The van der Waals surface area contributed by atoms with Gasteiger partial charge in [0.15, 0.2) is 0 Å². The minimum absolute atomic E-state index is 0.0154. The average molecular weight is 340 g/mol. The van der Waals surface area contributed by atoms with Crippen LogP contribution in [0.25, 0.3) is 0 Å². The van der Waals surface area contributed by atoms with E-state index < -0.39 is 24.8 Å². The number of phenols is 1. The summed E-state index contributed by atoms with van der Waals surface area (Å²) in [7, 11) is 0. The molecule has 0 radical (unpaired) electrons. The van der Waals surface area contributed by atoms with Gasteiger partial charge in [-0.2, -0.15) is 0 Å². The van der Waals surface area contributed by atoms with E-state index >= 15 is 0 Å². The Morgan fingerprint density at radius 3 is 2.46 bits per heavy atom. The molecule has 0 aromatic heterocycles. The Morgan fingerprint density at radius 2 is 1.96 bits per heavy atom. The van der Waals surface area contributed by atoms with Gasteiger partial charge in [0, 0.05) is 12.5 Å². The molecule has 1 rings (SSSR count). The van der Waals surface area contributed by atoms with Crippen LogP contribution in [0.4, 0.5) is 0 Å². The van der Waals surface area contributed by atoms with Gasteiger partial charge in [-0.3, -0.25) is 9.59 Å². The number of carbonyl (C=O) groups excluding carboxylic acids is 2. The second-order valence-electron chi connectivity index (χ2n) is 5.74. The molecule has 0 aliphatic heterocycles. The summed E-state index contributed by atoms with van der Waals surface area (Å²) < 4.78 is 9.86. The first-order valence-corrected chi connectivity index (χ1v) is 7.69. The van der Waals surface area contributed by atoms with Gasteiger partial charge in [0.1, 0.15) is 24.6 Å². The molecule has 3 N–H and O–H groups in total. The zero-order valence-electron chi connectivity index (χ0n) is 14.1. The summed E-state index contributed by atoms with van der Waals surface area (Å²) in [4.78, 5) is 22.5.